The zero-order valence-corrected chi connectivity index (χ0v) is 16.4. The maximum absolute atomic E-state index is 11.4. The molecule has 2 aromatic carbocycles. The topological polar surface area (TPSA) is 95.1 Å². The normalized spacial score (nSPS) is 27.4. The standard InChI is InChI=1S/C23H27NO5/c1-2-15-7-9-16(10-8-15)11-17-12-24(19-6-4-3-5-18(17)19)23(28)21(26)14-29-20(13-25)22(23)27/h3-10,12,20-22,25-28H,2,11,13-14H2,1H3/t20-,21+,22-,23-/m0/s1. The third-order valence-electron chi connectivity index (χ3n) is 5.93. The predicted molar refractivity (Wildman–Crippen MR) is 110 cm³/mol. The van der Waals surface area contributed by atoms with Crippen LogP contribution in [0, 0.1) is 0 Å². The van der Waals surface area contributed by atoms with Crippen molar-refractivity contribution in [1.82, 2.24) is 4.57 Å². The van der Waals surface area contributed by atoms with Crippen LogP contribution < -0.4 is 0 Å². The molecule has 1 aliphatic rings. The molecule has 0 radical (unpaired) electrons. The number of hydrogen-bond acceptors (Lipinski definition) is 5. The Morgan fingerprint density at radius 3 is 2.45 bits per heavy atom. The molecule has 0 unspecified atom stereocenters. The first-order valence-electron chi connectivity index (χ1n) is 9.97. The molecule has 0 saturated carbocycles. The van der Waals surface area contributed by atoms with Crippen molar-refractivity contribution in [2.24, 2.45) is 0 Å². The van der Waals surface area contributed by atoms with Gasteiger partial charge >= 0.3 is 0 Å². The summed E-state index contributed by atoms with van der Waals surface area (Å²) in [5, 5.41) is 43.1. The summed E-state index contributed by atoms with van der Waals surface area (Å²) < 4.78 is 6.81. The number of hydrogen-bond donors (Lipinski definition) is 4. The van der Waals surface area contributed by atoms with E-state index in [9.17, 15) is 20.4 Å². The zero-order valence-electron chi connectivity index (χ0n) is 16.4. The van der Waals surface area contributed by atoms with Crippen molar-refractivity contribution in [3.8, 4) is 0 Å². The van der Waals surface area contributed by atoms with E-state index in [1.807, 2.05) is 24.3 Å². The molecule has 154 valence electrons. The van der Waals surface area contributed by atoms with E-state index in [0.717, 1.165) is 22.9 Å². The van der Waals surface area contributed by atoms with E-state index in [2.05, 4.69) is 31.2 Å². The van der Waals surface area contributed by atoms with E-state index in [1.54, 1.807) is 6.20 Å². The van der Waals surface area contributed by atoms with Gasteiger partial charge in [-0.3, -0.25) is 0 Å². The fourth-order valence-corrected chi connectivity index (χ4v) is 4.15. The van der Waals surface area contributed by atoms with Gasteiger partial charge in [0, 0.05) is 11.6 Å². The van der Waals surface area contributed by atoms with Gasteiger partial charge in [0.2, 0.25) is 0 Å². The number of nitrogens with zero attached hydrogens (tertiary/aromatic N) is 1. The van der Waals surface area contributed by atoms with E-state index in [4.69, 9.17) is 4.74 Å². The van der Waals surface area contributed by atoms with E-state index in [1.165, 1.54) is 10.1 Å². The molecule has 4 N–H and O–H groups in total. The molecule has 1 saturated heterocycles. The number of aromatic nitrogens is 1. The smallest absolute Gasteiger partial charge is 0.199 e. The van der Waals surface area contributed by atoms with Gasteiger partial charge in [0.1, 0.15) is 18.3 Å². The lowest BCUT2D eigenvalue weighted by Crippen LogP contribution is -2.64. The molecule has 0 amide bonds. The van der Waals surface area contributed by atoms with Gasteiger partial charge in [0.15, 0.2) is 5.72 Å². The summed E-state index contributed by atoms with van der Waals surface area (Å²) in [7, 11) is 0. The second-order valence-corrected chi connectivity index (χ2v) is 7.69. The van der Waals surface area contributed by atoms with Crippen LogP contribution in [0.5, 0.6) is 0 Å². The maximum Gasteiger partial charge on any atom is 0.199 e. The van der Waals surface area contributed by atoms with Crippen LogP contribution in [-0.4, -0.2) is 56.5 Å². The van der Waals surface area contributed by atoms with Gasteiger partial charge in [0.05, 0.1) is 18.7 Å². The average molecular weight is 397 g/mol. The van der Waals surface area contributed by atoms with Crippen LogP contribution in [0.4, 0.5) is 0 Å². The van der Waals surface area contributed by atoms with Gasteiger partial charge in [-0.15, -0.1) is 0 Å². The van der Waals surface area contributed by atoms with Crippen molar-refractivity contribution < 1.29 is 25.2 Å². The Balaban J connectivity index is 1.79. The summed E-state index contributed by atoms with van der Waals surface area (Å²) in [6.07, 6.45) is -0.382. The van der Waals surface area contributed by atoms with Crippen LogP contribution >= 0.6 is 0 Å². The van der Waals surface area contributed by atoms with Gasteiger partial charge < -0.3 is 29.7 Å². The Bertz CT molecular complexity index is 983. The molecule has 4 atom stereocenters. The number of ether oxygens (including phenoxy) is 1. The van der Waals surface area contributed by atoms with Crippen LogP contribution in [0.1, 0.15) is 23.6 Å². The second-order valence-electron chi connectivity index (χ2n) is 7.69. The van der Waals surface area contributed by atoms with Gasteiger partial charge in [-0.2, -0.15) is 0 Å². The minimum Gasteiger partial charge on any atom is -0.394 e. The van der Waals surface area contributed by atoms with E-state index in [0.29, 0.717) is 11.9 Å². The average Bonchev–Trinajstić information content (AvgIpc) is 3.12. The molecule has 0 bridgehead atoms. The maximum atomic E-state index is 11.4. The van der Waals surface area contributed by atoms with Crippen LogP contribution in [0.3, 0.4) is 0 Å². The molecule has 6 nitrogen and oxygen atoms in total. The Labute approximate surface area is 169 Å². The van der Waals surface area contributed by atoms with Crippen LogP contribution in [0.2, 0.25) is 0 Å². The first-order valence-corrected chi connectivity index (χ1v) is 9.97. The number of aliphatic hydroxyl groups excluding tert-OH is 3. The molecule has 1 fully saturated rings. The molecule has 6 heteroatoms. The van der Waals surface area contributed by atoms with Crippen molar-refractivity contribution in [2.75, 3.05) is 13.2 Å². The number of benzene rings is 2. The molecule has 1 aliphatic heterocycles. The summed E-state index contributed by atoms with van der Waals surface area (Å²) in [5.74, 6) is 0. The highest BCUT2D eigenvalue weighted by molar-refractivity contribution is 5.84. The number of aliphatic hydroxyl groups is 4. The Morgan fingerprint density at radius 1 is 1.07 bits per heavy atom. The highest BCUT2D eigenvalue weighted by Gasteiger charge is 2.52. The molecule has 0 aliphatic carbocycles. The molecule has 29 heavy (non-hydrogen) atoms. The fourth-order valence-electron chi connectivity index (χ4n) is 4.15. The van der Waals surface area contributed by atoms with Gasteiger partial charge in [-0.05, 0) is 35.6 Å². The zero-order chi connectivity index (χ0) is 20.6. The molecule has 1 aromatic heterocycles. The number of para-hydroxylation sites is 1. The van der Waals surface area contributed by atoms with Crippen molar-refractivity contribution in [3.63, 3.8) is 0 Å². The van der Waals surface area contributed by atoms with Crippen molar-refractivity contribution in [3.05, 3.63) is 71.4 Å². The van der Waals surface area contributed by atoms with E-state index in [-0.39, 0.29) is 6.61 Å². The lowest BCUT2D eigenvalue weighted by atomic mass is 9.92. The third-order valence-corrected chi connectivity index (χ3v) is 5.93. The largest absolute Gasteiger partial charge is 0.394 e. The summed E-state index contributed by atoms with van der Waals surface area (Å²) in [4.78, 5) is 0. The van der Waals surface area contributed by atoms with Crippen LogP contribution in [0.25, 0.3) is 10.9 Å². The second kappa shape index (κ2) is 7.89. The van der Waals surface area contributed by atoms with Crippen molar-refractivity contribution in [1.29, 1.82) is 0 Å². The molecule has 2 heterocycles. The van der Waals surface area contributed by atoms with Crippen LogP contribution in [0.15, 0.2) is 54.7 Å². The fraction of sp³-hybridized carbons (Fsp3) is 0.391. The number of rotatable bonds is 5. The number of fused-ring (bicyclic) bond motifs is 1. The highest BCUT2D eigenvalue weighted by atomic mass is 16.5. The highest BCUT2D eigenvalue weighted by Crippen LogP contribution is 2.36. The molecular formula is C23H27NO5. The lowest BCUT2D eigenvalue weighted by molar-refractivity contribution is -0.282. The predicted octanol–water partition coefficient (Wildman–Crippen LogP) is 1.55. The molecule has 0 spiro atoms. The summed E-state index contributed by atoms with van der Waals surface area (Å²) in [5.41, 5.74) is 2.08. The van der Waals surface area contributed by atoms with Gasteiger partial charge in [0.25, 0.3) is 0 Å². The van der Waals surface area contributed by atoms with E-state index >= 15 is 0 Å². The Morgan fingerprint density at radius 2 is 1.76 bits per heavy atom. The van der Waals surface area contributed by atoms with Gasteiger partial charge in [-0.1, -0.05) is 49.4 Å². The van der Waals surface area contributed by atoms with Gasteiger partial charge in [-0.25, -0.2) is 0 Å². The monoisotopic (exact) mass is 397 g/mol. The molecule has 4 rings (SSSR count). The van der Waals surface area contributed by atoms with Crippen molar-refractivity contribution in [2.45, 2.75) is 43.8 Å². The SMILES string of the molecule is CCc1ccc(Cc2cn([C@]3(O)[C@H](O)CO[C@@H](CO)[C@@H]3O)c3ccccc23)cc1. The Kier molecular flexibility index (Phi) is 5.46. The molecular weight excluding hydrogens is 370 g/mol. The van der Waals surface area contributed by atoms with E-state index < -0.39 is 30.6 Å². The number of aryl methyl sites for hydroxylation is 1. The molecule has 3 aromatic rings. The minimum atomic E-state index is -2.00. The summed E-state index contributed by atoms with van der Waals surface area (Å²) in [6.45, 7) is 1.48. The summed E-state index contributed by atoms with van der Waals surface area (Å²) >= 11 is 0. The first kappa shape index (κ1) is 20.1. The van der Waals surface area contributed by atoms with Crippen LogP contribution in [-0.2, 0) is 23.3 Å². The summed E-state index contributed by atoms with van der Waals surface area (Å²) in [6, 6.07) is 16.0. The quantitative estimate of drug-likeness (QED) is 0.524. The first-order chi connectivity index (χ1) is 14.0. The third kappa shape index (κ3) is 3.37. The lowest BCUT2D eigenvalue weighted by Gasteiger charge is -2.45. The Hall–Kier alpha value is -2.22. The minimum absolute atomic E-state index is 0.181. The van der Waals surface area contributed by atoms with Crippen molar-refractivity contribution >= 4 is 10.9 Å².